The molecular weight excluding hydrogens is 226 g/mol. The fraction of sp³-hybridized carbons (Fsp3) is 0.667. The Labute approximate surface area is 110 Å². The molecule has 0 radical (unpaired) electrons. The van der Waals surface area contributed by atoms with Gasteiger partial charge in [0.15, 0.2) is 0 Å². The second-order valence-corrected chi connectivity index (χ2v) is 4.67. The van der Waals surface area contributed by atoms with Crippen molar-refractivity contribution in [1.29, 1.82) is 0 Å². The average Bonchev–Trinajstić information content (AvgIpc) is 2.78. The summed E-state index contributed by atoms with van der Waals surface area (Å²) in [6, 6.07) is 0.0892. The van der Waals surface area contributed by atoms with Crippen molar-refractivity contribution in [2.45, 2.75) is 58.1 Å². The van der Waals surface area contributed by atoms with Crippen LogP contribution < -0.4 is 5.32 Å². The van der Waals surface area contributed by atoms with Crippen LogP contribution in [0.25, 0.3) is 0 Å². The predicted octanol–water partition coefficient (Wildman–Crippen LogP) is 2.01. The Morgan fingerprint density at radius 2 is 2.28 bits per heavy atom. The van der Waals surface area contributed by atoms with E-state index in [-0.39, 0.29) is 17.9 Å². The van der Waals surface area contributed by atoms with Gasteiger partial charge in [-0.25, -0.2) is 0 Å². The molecular formula is C15H23NO2. The molecule has 0 aromatic carbocycles. The van der Waals surface area contributed by atoms with E-state index in [0.717, 1.165) is 25.7 Å². The molecule has 2 N–H and O–H groups in total. The highest BCUT2D eigenvalue weighted by atomic mass is 16.3. The van der Waals surface area contributed by atoms with E-state index in [1.54, 1.807) is 6.08 Å². The van der Waals surface area contributed by atoms with Gasteiger partial charge in [0.1, 0.15) is 0 Å². The van der Waals surface area contributed by atoms with E-state index >= 15 is 0 Å². The highest BCUT2D eigenvalue weighted by Gasteiger charge is 2.19. The van der Waals surface area contributed by atoms with Crippen molar-refractivity contribution >= 4 is 5.91 Å². The van der Waals surface area contributed by atoms with E-state index in [2.05, 4.69) is 24.1 Å². The van der Waals surface area contributed by atoms with Crippen molar-refractivity contribution in [2.75, 3.05) is 0 Å². The van der Waals surface area contributed by atoms with Crippen LogP contribution in [0.5, 0.6) is 0 Å². The van der Waals surface area contributed by atoms with Crippen molar-refractivity contribution in [1.82, 2.24) is 5.32 Å². The molecule has 0 aliphatic carbocycles. The standard InChI is InChI=1S/C15H23NO2/c1-3-5-6-7-12(4-2)14(17)10-8-13-9-11-15(18)16-13/h8,10,12-14,17H,3-4,7,9,11H2,1-2H3,(H,16,18)/b10-8+/t12-,13-,14+/m0/s1. The van der Waals surface area contributed by atoms with Crippen LogP contribution in [0.2, 0.25) is 0 Å². The van der Waals surface area contributed by atoms with Crippen LogP contribution in [0.3, 0.4) is 0 Å². The van der Waals surface area contributed by atoms with Gasteiger partial charge in [0.25, 0.3) is 0 Å². The molecule has 3 atom stereocenters. The van der Waals surface area contributed by atoms with Gasteiger partial charge in [-0.2, -0.15) is 0 Å². The molecule has 1 heterocycles. The van der Waals surface area contributed by atoms with Crippen LogP contribution in [0.1, 0.15) is 46.0 Å². The van der Waals surface area contributed by atoms with Crippen LogP contribution in [0.15, 0.2) is 12.2 Å². The summed E-state index contributed by atoms with van der Waals surface area (Å²) in [5.41, 5.74) is 0. The largest absolute Gasteiger partial charge is 0.389 e. The van der Waals surface area contributed by atoms with Gasteiger partial charge in [-0.3, -0.25) is 4.79 Å². The smallest absolute Gasteiger partial charge is 0.220 e. The van der Waals surface area contributed by atoms with Gasteiger partial charge in [-0.15, -0.1) is 11.8 Å². The van der Waals surface area contributed by atoms with Crippen molar-refractivity contribution < 1.29 is 9.90 Å². The van der Waals surface area contributed by atoms with Gasteiger partial charge in [0.05, 0.1) is 6.10 Å². The third-order valence-corrected chi connectivity index (χ3v) is 3.24. The molecule has 0 aromatic rings. The van der Waals surface area contributed by atoms with E-state index in [0.29, 0.717) is 6.42 Å². The van der Waals surface area contributed by atoms with Crippen molar-refractivity contribution in [3.8, 4) is 11.8 Å². The van der Waals surface area contributed by atoms with Gasteiger partial charge in [0.2, 0.25) is 5.91 Å². The second-order valence-electron chi connectivity index (χ2n) is 4.67. The fourth-order valence-corrected chi connectivity index (χ4v) is 2.02. The fourth-order valence-electron chi connectivity index (χ4n) is 2.02. The molecule has 1 amide bonds. The maximum atomic E-state index is 11.0. The first kappa shape index (κ1) is 14.8. The van der Waals surface area contributed by atoms with Crippen LogP contribution in [-0.4, -0.2) is 23.2 Å². The minimum Gasteiger partial charge on any atom is -0.389 e. The highest BCUT2D eigenvalue weighted by molar-refractivity contribution is 5.78. The number of carbonyl (C=O) groups excluding carboxylic acids is 1. The van der Waals surface area contributed by atoms with Crippen LogP contribution in [-0.2, 0) is 4.79 Å². The Kier molecular flexibility index (Phi) is 6.53. The van der Waals surface area contributed by atoms with Crippen LogP contribution in [0.4, 0.5) is 0 Å². The van der Waals surface area contributed by atoms with Gasteiger partial charge in [0, 0.05) is 25.3 Å². The number of hydrogen-bond acceptors (Lipinski definition) is 2. The molecule has 0 saturated carbocycles. The molecule has 1 aliphatic heterocycles. The van der Waals surface area contributed by atoms with E-state index in [1.165, 1.54) is 0 Å². The SMILES string of the molecule is CCC#CC[C@H](CC)[C@H](O)/C=C/[C@H]1CCC(=O)N1. The molecule has 1 aliphatic rings. The Morgan fingerprint density at radius 3 is 2.83 bits per heavy atom. The predicted molar refractivity (Wildman–Crippen MR) is 72.8 cm³/mol. The third kappa shape index (κ3) is 4.93. The summed E-state index contributed by atoms with van der Waals surface area (Å²) in [5.74, 6) is 6.39. The van der Waals surface area contributed by atoms with Gasteiger partial charge in [-0.05, 0) is 18.8 Å². The molecule has 0 unspecified atom stereocenters. The lowest BCUT2D eigenvalue weighted by Crippen LogP contribution is -2.24. The summed E-state index contributed by atoms with van der Waals surface area (Å²) in [7, 11) is 0. The first-order chi connectivity index (χ1) is 8.67. The molecule has 0 aromatic heterocycles. The number of rotatable bonds is 5. The van der Waals surface area contributed by atoms with Crippen LogP contribution >= 0.6 is 0 Å². The number of nitrogens with one attached hydrogen (secondary N) is 1. The summed E-state index contributed by atoms with van der Waals surface area (Å²) in [4.78, 5) is 11.0. The summed E-state index contributed by atoms with van der Waals surface area (Å²) < 4.78 is 0. The summed E-state index contributed by atoms with van der Waals surface area (Å²) in [5, 5.41) is 12.9. The topological polar surface area (TPSA) is 49.3 Å². The molecule has 3 nitrogen and oxygen atoms in total. The average molecular weight is 249 g/mol. The minimum atomic E-state index is -0.473. The molecule has 1 saturated heterocycles. The highest BCUT2D eigenvalue weighted by Crippen LogP contribution is 2.15. The molecule has 0 bridgehead atoms. The third-order valence-electron chi connectivity index (χ3n) is 3.24. The van der Waals surface area contributed by atoms with E-state index in [4.69, 9.17) is 0 Å². The quantitative estimate of drug-likeness (QED) is 0.578. The van der Waals surface area contributed by atoms with Gasteiger partial charge < -0.3 is 10.4 Å². The Hall–Kier alpha value is -1.27. The number of aliphatic hydroxyl groups is 1. The Bertz CT molecular complexity index is 351. The summed E-state index contributed by atoms with van der Waals surface area (Å²) >= 11 is 0. The Balaban J connectivity index is 2.43. The maximum absolute atomic E-state index is 11.0. The number of aliphatic hydroxyl groups excluding tert-OH is 1. The number of hydrogen-bond donors (Lipinski definition) is 2. The molecule has 1 fully saturated rings. The lowest BCUT2D eigenvalue weighted by atomic mass is 9.95. The van der Waals surface area contributed by atoms with Crippen molar-refractivity contribution in [3.05, 3.63) is 12.2 Å². The first-order valence-electron chi connectivity index (χ1n) is 6.78. The first-order valence-corrected chi connectivity index (χ1v) is 6.78. The zero-order valence-corrected chi connectivity index (χ0v) is 11.3. The summed E-state index contributed by atoms with van der Waals surface area (Å²) in [6.45, 7) is 4.08. The van der Waals surface area contributed by atoms with E-state index < -0.39 is 6.10 Å². The monoisotopic (exact) mass is 249 g/mol. The zero-order valence-electron chi connectivity index (χ0n) is 11.3. The molecule has 100 valence electrons. The molecule has 3 heteroatoms. The van der Waals surface area contributed by atoms with E-state index in [9.17, 15) is 9.90 Å². The lowest BCUT2D eigenvalue weighted by Gasteiger charge is -2.16. The van der Waals surface area contributed by atoms with Crippen molar-refractivity contribution in [3.63, 3.8) is 0 Å². The maximum Gasteiger partial charge on any atom is 0.220 e. The number of carbonyl (C=O) groups is 1. The number of amides is 1. The molecule has 1 rings (SSSR count). The van der Waals surface area contributed by atoms with Gasteiger partial charge >= 0.3 is 0 Å². The summed E-state index contributed by atoms with van der Waals surface area (Å²) in [6.07, 6.45) is 7.14. The lowest BCUT2D eigenvalue weighted by molar-refractivity contribution is -0.119. The molecule has 18 heavy (non-hydrogen) atoms. The zero-order chi connectivity index (χ0) is 13.4. The normalized spacial score (nSPS) is 22.4. The van der Waals surface area contributed by atoms with Crippen LogP contribution in [0, 0.1) is 17.8 Å². The molecule has 0 spiro atoms. The van der Waals surface area contributed by atoms with E-state index in [1.807, 2.05) is 13.0 Å². The Morgan fingerprint density at radius 1 is 1.50 bits per heavy atom. The van der Waals surface area contributed by atoms with Crippen molar-refractivity contribution in [2.24, 2.45) is 5.92 Å². The van der Waals surface area contributed by atoms with Gasteiger partial charge in [-0.1, -0.05) is 26.0 Å². The minimum absolute atomic E-state index is 0.0892. The second kappa shape index (κ2) is 7.94.